The molecule has 2 amide bonds. The van der Waals surface area contributed by atoms with E-state index < -0.39 is 15.9 Å². The van der Waals surface area contributed by atoms with Gasteiger partial charge in [-0.1, -0.05) is 37.3 Å². The molecule has 1 heterocycles. The Morgan fingerprint density at radius 1 is 1.10 bits per heavy atom. The van der Waals surface area contributed by atoms with Crippen LogP contribution in [0, 0.1) is 5.92 Å². The van der Waals surface area contributed by atoms with Gasteiger partial charge in [0.25, 0.3) is 5.91 Å². The molecular weight excluding hydrogens is 414 g/mol. The lowest BCUT2D eigenvalue weighted by molar-refractivity contribution is -0.120. The number of carbonyl (C=O) groups excluding carboxylic acids is 2. The molecule has 2 atom stereocenters. The molecule has 7 nitrogen and oxygen atoms in total. The molecule has 166 valence electrons. The molecule has 1 aliphatic heterocycles. The Hall–Kier alpha value is -2.71. The van der Waals surface area contributed by atoms with Crippen LogP contribution in [0.1, 0.15) is 43.5 Å². The highest BCUT2D eigenvalue weighted by atomic mass is 32.2. The van der Waals surface area contributed by atoms with Crippen LogP contribution < -0.4 is 10.6 Å². The molecule has 1 aliphatic rings. The van der Waals surface area contributed by atoms with Crippen LogP contribution in [0.2, 0.25) is 0 Å². The molecular formula is C23H29N3O4S. The zero-order valence-electron chi connectivity index (χ0n) is 17.9. The molecule has 0 aromatic heterocycles. The van der Waals surface area contributed by atoms with E-state index in [1.54, 1.807) is 54.6 Å². The summed E-state index contributed by atoms with van der Waals surface area (Å²) in [5.74, 6) is -1.02. The SMILES string of the molecule is CC[C@H](C)NC(=O)c1ccccc1NC(=O)[C@H]1CCCN(S(=O)(=O)c2ccccc2)C1. The van der Waals surface area contributed by atoms with Gasteiger partial charge in [-0.3, -0.25) is 9.59 Å². The number of para-hydroxylation sites is 1. The number of piperidine rings is 1. The third-order valence-corrected chi connectivity index (χ3v) is 7.43. The lowest BCUT2D eigenvalue weighted by atomic mass is 9.98. The zero-order chi connectivity index (χ0) is 22.4. The lowest BCUT2D eigenvalue weighted by Gasteiger charge is -2.31. The molecule has 2 aromatic rings. The first-order chi connectivity index (χ1) is 14.8. The summed E-state index contributed by atoms with van der Waals surface area (Å²) in [6.45, 7) is 4.40. The topological polar surface area (TPSA) is 95.6 Å². The first-order valence-electron chi connectivity index (χ1n) is 10.6. The van der Waals surface area contributed by atoms with Gasteiger partial charge in [0.05, 0.1) is 22.1 Å². The van der Waals surface area contributed by atoms with Crippen molar-refractivity contribution in [3.05, 3.63) is 60.2 Å². The normalized spacial score (nSPS) is 18.2. The average Bonchev–Trinajstić information content (AvgIpc) is 2.80. The molecule has 2 N–H and O–H groups in total. The van der Waals surface area contributed by atoms with Gasteiger partial charge < -0.3 is 10.6 Å². The molecule has 2 aromatic carbocycles. The second kappa shape index (κ2) is 10.1. The van der Waals surface area contributed by atoms with Crippen LogP contribution in [0.3, 0.4) is 0 Å². The molecule has 1 saturated heterocycles. The van der Waals surface area contributed by atoms with Crippen molar-refractivity contribution in [2.75, 3.05) is 18.4 Å². The van der Waals surface area contributed by atoms with Gasteiger partial charge in [0.2, 0.25) is 15.9 Å². The fraction of sp³-hybridized carbons (Fsp3) is 0.391. The minimum absolute atomic E-state index is 0.0198. The number of benzene rings is 2. The molecule has 0 saturated carbocycles. The van der Waals surface area contributed by atoms with Crippen molar-refractivity contribution in [2.45, 2.75) is 44.0 Å². The van der Waals surface area contributed by atoms with E-state index in [1.807, 2.05) is 13.8 Å². The second-order valence-electron chi connectivity index (χ2n) is 7.83. The Morgan fingerprint density at radius 2 is 1.77 bits per heavy atom. The smallest absolute Gasteiger partial charge is 0.253 e. The molecule has 8 heteroatoms. The van der Waals surface area contributed by atoms with Crippen LogP contribution in [-0.2, 0) is 14.8 Å². The first-order valence-corrected chi connectivity index (χ1v) is 12.0. The van der Waals surface area contributed by atoms with E-state index >= 15 is 0 Å². The minimum atomic E-state index is -3.65. The summed E-state index contributed by atoms with van der Waals surface area (Å²) in [7, 11) is -3.65. The summed E-state index contributed by atoms with van der Waals surface area (Å²) < 4.78 is 27.2. The molecule has 0 radical (unpaired) electrons. The summed E-state index contributed by atoms with van der Waals surface area (Å²) >= 11 is 0. The fourth-order valence-corrected chi connectivity index (χ4v) is 5.09. The van der Waals surface area contributed by atoms with E-state index in [4.69, 9.17) is 0 Å². The van der Waals surface area contributed by atoms with Crippen molar-refractivity contribution >= 4 is 27.5 Å². The molecule has 0 bridgehead atoms. The second-order valence-corrected chi connectivity index (χ2v) is 9.77. The minimum Gasteiger partial charge on any atom is -0.350 e. The molecule has 1 fully saturated rings. The van der Waals surface area contributed by atoms with Gasteiger partial charge in [-0.15, -0.1) is 0 Å². The Balaban J connectivity index is 1.72. The van der Waals surface area contributed by atoms with Crippen molar-refractivity contribution in [1.29, 1.82) is 0 Å². The van der Waals surface area contributed by atoms with Gasteiger partial charge in [-0.25, -0.2) is 8.42 Å². The maximum absolute atomic E-state index is 13.0. The predicted octanol–water partition coefficient (Wildman–Crippen LogP) is 3.25. The van der Waals surface area contributed by atoms with Crippen molar-refractivity contribution in [3.63, 3.8) is 0 Å². The van der Waals surface area contributed by atoms with E-state index in [9.17, 15) is 18.0 Å². The molecule has 0 spiro atoms. The summed E-state index contributed by atoms with van der Waals surface area (Å²) in [5.41, 5.74) is 0.817. The fourth-order valence-electron chi connectivity index (χ4n) is 3.54. The maximum atomic E-state index is 13.0. The Labute approximate surface area is 183 Å². The summed E-state index contributed by atoms with van der Waals surface area (Å²) in [6, 6.07) is 15.1. The Bertz CT molecular complexity index is 1020. The maximum Gasteiger partial charge on any atom is 0.253 e. The van der Waals surface area contributed by atoms with Crippen LogP contribution in [0.5, 0.6) is 0 Å². The van der Waals surface area contributed by atoms with E-state index in [0.717, 1.165) is 6.42 Å². The number of nitrogens with one attached hydrogen (secondary N) is 2. The molecule has 31 heavy (non-hydrogen) atoms. The van der Waals surface area contributed by atoms with Crippen molar-refractivity contribution < 1.29 is 18.0 Å². The monoisotopic (exact) mass is 443 g/mol. The summed E-state index contributed by atoms with van der Waals surface area (Å²) in [4.78, 5) is 25.8. The van der Waals surface area contributed by atoms with Gasteiger partial charge in [0, 0.05) is 19.1 Å². The van der Waals surface area contributed by atoms with E-state index in [2.05, 4.69) is 10.6 Å². The van der Waals surface area contributed by atoms with E-state index in [0.29, 0.717) is 30.6 Å². The highest BCUT2D eigenvalue weighted by Gasteiger charge is 2.33. The highest BCUT2D eigenvalue weighted by Crippen LogP contribution is 2.25. The molecule has 0 unspecified atom stereocenters. The highest BCUT2D eigenvalue weighted by molar-refractivity contribution is 7.89. The van der Waals surface area contributed by atoms with Gasteiger partial charge in [0.1, 0.15) is 0 Å². The van der Waals surface area contributed by atoms with Crippen LogP contribution in [0.15, 0.2) is 59.5 Å². The largest absolute Gasteiger partial charge is 0.350 e. The Kier molecular flexibility index (Phi) is 7.46. The third kappa shape index (κ3) is 5.51. The quantitative estimate of drug-likeness (QED) is 0.687. The number of nitrogens with zero attached hydrogens (tertiary/aromatic N) is 1. The predicted molar refractivity (Wildman–Crippen MR) is 120 cm³/mol. The van der Waals surface area contributed by atoms with E-state index in [-0.39, 0.29) is 29.3 Å². The molecule has 3 rings (SSSR count). The van der Waals surface area contributed by atoms with E-state index in [1.165, 1.54) is 4.31 Å². The van der Waals surface area contributed by atoms with Crippen LogP contribution in [0.4, 0.5) is 5.69 Å². The van der Waals surface area contributed by atoms with Crippen molar-refractivity contribution in [1.82, 2.24) is 9.62 Å². The van der Waals surface area contributed by atoms with Crippen LogP contribution in [-0.4, -0.2) is 43.7 Å². The standard InChI is InChI=1S/C23H29N3O4S/c1-3-17(2)24-23(28)20-13-7-8-14-21(20)25-22(27)18-10-9-15-26(16-18)31(29,30)19-11-5-4-6-12-19/h4-8,11-14,17-18H,3,9-10,15-16H2,1-2H3,(H,24,28)(H,25,27)/t17-,18-/m0/s1. The number of carbonyl (C=O) groups is 2. The number of hydrogen-bond acceptors (Lipinski definition) is 4. The van der Waals surface area contributed by atoms with Gasteiger partial charge in [-0.05, 0) is 50.5 Å². The number of rotatable bonds is 7. The number of anilines is 1. The average molecular weight is 444 g/mol. The number of amides is 2. The third-order valence-electron chi connectivity index (χ3n) is 5.56. The number of sulfonamides is 1. The summed E-state index contributed by atoms with van der Waals surface area (Å²) in [5, 5.41) is 5.75. The van der Waals surface area contributed by atoms with Gasteiger partial charge in [0.15, 0.2) is 0 Å². The zero-order valence-corrected chi connectivity index (χ0v) is 18.7. The van der Waals surface area contributed by atoms with Crippen molar-refractivity contribution in [2.24, 2.45) is 5.92 Å². The van der Waals surface area contributed by atoms with Crippen molar-refractivity contribution in [3.8, 4) is 0 Å². The molecule has 0 aliphatic carbocycles. The summed E-state index contributed by atoms with van der Waals surface area (Å²) in [6.07, 6.45) is 1.99. The van der Waals surface area contributed by atoms with Crippen LogP contribution >= 0.6 is 0 Å². The van der Waals surface area contributed by atoms with Crippen LogP contribution in [0.25, 0.3) is 0 Å². The van der Waals surface area contributed by atoms with Gasteiger partial charge >= 0.3 is 0 Å². The number of hydrogen-bond donors (Lipinski definition) is 2. The first kappa shape index (κ1) is 23.0. The Morgan fingerprint density at radius 3 is 2.48 bits per heavy atom. The van der Waals surface area contributed by atoms with Gasteiger partial charge in [-0.2, -0.15) is 4.31 Å². The lowest BCUT2D eigenvalue weighted by Crippen LogP contribution is -2.43.